The van der Waals surface area contributed by atoms with Crippen LogP contribution < -0.4 is 0 Å². The number of rotatable bonds is 4. The number of aromatic nitrogens is 1. The van der Waals surface area contributed by atoms with Crippen molar-refractivity contribution < 1.29 is 5.11 Å². The Labute approximate surface area is 114 Å². The van der Waals surface area contributed by atoms with Crippen molar-refractivity contribution in [1.29, 1.82) is 0 Å². The maximum atomic E-state index is 9.38. The zero-order valence-corrected chi connectivity index (χ0v) is 12.5. The van der Waals surface area contributed by atoms with Crippen LogP contribution in [0, 0.1) is 5.92 Å². The molecule has 102 valence electrons. The third kappa shape index (κ3) is 3.31. The summed E-state index contributed by atoms with van der Waals surface area (Å²) < 4.78 is 0. The number of hydrogen-bond acceptors (Lipinski definition) is 4. The highest BCUT2D eigenvalue weighted by atomic mass is 32.1. The van der Waals surface area contributed by atoms with Gasteiger partial charge < -0.3 is 5.11 Å². The smallest absolute Gasteiger partial charge is 0.107 e. The van der Waals surface area contributed by atoms with Crippen LogP contribution >= 0.6 is 11.3 Å². The quantitative estimate of drug-likeness (QED) is 0.912. The maximum Gasteiger partial charge on any atom is 0.107 e. The van der Waals surface area contributed by atoms with Crippen LogP contribution in [-0.4, -0.2) is 28.1 Å². The molecular weight excluding hydrogens is 244 g/mol. The summed E-state index contributed by atoms with van der Waals surface area (Å²) in [6.07, 6.45) is 2.60. The van der Waals surface area contributed by atoms with Crippen LogP contribution in [0.1, 0.15) is 55.1 Å². The largest absolute Gasteiger partial charge is 0.391 e. The van der Waals surface area contributed by atoms with E-state index in [0.29, 0.717) is 5.92 Å². The lowest BCUT2D eigenvalue weighted by Crippen LogP contribution is -2.32. The lowest BCUT2D eigenvalue weighted by Gasteiger charge is -2.29. The number of aliphatic hydroxyl groups is 1. The Morgan fingerprint density at radius 3 is 2.56 bits per heavy atom. The maximum absolute atomic E-state index is 9.38. The first-order chi connectivity index (χ1) is 8.60. The van der Waals surface area contributed by atoms with Gasteiger partial charge >= 0.3 is 0 Å². The summed E-state index contributed by atoms with van der Waals surface area (Å²) in [5.74, 6) is 1.27. The van der Waals surface area contributed by atoms with Crippen LogP contribution in [-0.2, 0) is 13.2 Å². The van der Waals surface area contributed by atoms with Gasteiger partial charge in [0.2, 0.25) is 0 Å². The van der Waals surface area contributed by atoms with E-state index >= 15 is 0 Å². The van der Waals surface area contributed by atoms with Crippen molar-refractivity contribution in [2.45, 2.75) is 52.7 Å². The number of thiazole rings is 1. The predicted molar refractivity (Wildman–Crippen MR) is 75.8 cm³/mol. The Morgan fingerprint density at radius 1 is 1.39 bits per heavy atom. The van der Waals surface area contributed by atoms with Crippen molar-refractivity contribution in [1.82, 2.24) is 9.88 Å². The van der Waals surface area contributed by atoms with Crippen molar-refractivity contribution in [3.63, 3.8) is 0 Å². The molecule has 0 saturated carbocycles. The van der Waals surface area contributed by atoms with Crippen LogP contribution in [0.4, 0.5) is 0 Å². The fraction of sp³-hybridized carbons (Fsp3) is 0.786. The van der Waals surface area contributed by atoms with Crippen molar-refractivity contribution >= 4 is 11.3 Å². The monoisotopic (exact) mass is 268 g/mol. The van der Waals surface area contributed by atoms with Crippen LogP contribution in [0.3, 0.4) is 0 Å². The molecule has 0 aliphatic carbocycles. The van der Waals surface area contributed by atoms with E-state index in [1.165, 1.54) is 25.9 Å². The van der Waals surface area contributed by atoms with E-state index in [1.54, 1.807) is 11.3 Å². The van der Waals surface area contributed by atoms with Crippen LogP contribution in [0.25, 0.3) is 0 Å². The van der Waals surface area contributed by atoms with E-state index < -0.39 is 0 Å². The Kier molecular flexibility index (Phi) is 4.76. The third-order valence-electron chi connectivity index (χ3n) is 3.70. The molecule has 1 aliphatic rings. The molecule has 1 aliphatic heterocycles. The second-order valence-corrected chi connectivity index (χ2v) is 6.86. The van der Waals surface area contributed by atoms with Crippen LogP contribution in [0.5, 0.6) is 0 Å². The number of likely N-dealkylation sites (tertiary alicyclic amines) is 1. The Bertz CT molecular complexity index is 381. The van der Waals surface area contributed by atoms with Crippen molar-refractivity contribution in [2.75, 3.05) is 13.1 Å². The molecule has 2 heterocycles. The molecule has 4 heteroatoms. The van der Waals surface area contributed by atoms with Gasteiger partial charge in [-0.2, -0.15) is 0 Å². The van der Waals surface area contributed by atoms with Gasteiger partial charge in [0, 0.05) is 0 Å². The first kappa shape index (κ1) is 14.0. The van der Waals surface area contributed by atoms with Crippen molar-refractivity contribution in [2.24, 2.45) is 5.92 Å². The van der Waals surface area contributed by atoms with Gasteiger partial charge in [-0.25, -0.2) is 4.98 Å². The molecular formula is C14H24N2OS. The fourth-order valence-corrected chi connectivity index (χ4v) is 3.58. The number of hydrogen-bond donors (Lipinski definition) is 1. The molecule has 1 fully saturated rings. The van der Waals surface area contributed by atoms with E-state index in [-0.39, 0.29) is 6.61 Å². The summed E-state index contributed by atoms with van der Waals surface area (Å²) in [6, 6.07) is 0. The lowest BCUT2D eigenvalue weighted by molar-refractivity contribution is 0.185. The van der Waals surface area contributed by atoms with Gasteiger partial charge in [-0.05, 0) is 37.8 Å². The molecule has 0 radical (unpaired) electrons. The molecule has 0 atom stereocenters. The van der Waals surface area contributed by atoms with Gasteiger partial charge in [0.15, 0.2) is 0 Å². The van der Waals surface area contributed by atoms with Gasteiger partial charge in [-0.1, -0.05) is 20.8 Å². The van der Waals surface area contributed by atoms with Crippen molar-refractivity contribution in [3.8, 4) is 0 Å². The number of nitrogens with zero attached hydrogens (tertiary/aromatic N) is 2. The Morgan fingerprint density at radius 2 is 2.06 bits per heavy atom. The second-order valence-electron chi connectivity index (χ2n) is 5.69. The van der Waals surface area contributed by atoms with E-state index in [0.717, 1.165) is 28.0 Å². The summed E-state index contributed by atoms with van der Waals surface area (Å²) in [4.78, 5) is 8.25. The first-order valence-electron chi connectivity index (χ1n) is 6.91. The summed E-state index contributed by atoms with van der Waals surface area (Å²) in [7, 11) is 0. The minimum absolute atomic E-state index is 0.127. The molecule has 1 aromatic rings. The molecule has 1 saturated heterocycles. The average Bonchev–Trinajstić information content (AvgIpc) is 2.75. The van der Waals surface area contributed by atoms with Gasteiger partial charge in [0.05, 0.1) is 23.7 Å². The lowest BCUT2D eigenvalue weighted by atomic mass is 9.99. The topological polar surface area (TPSA) is 36.4 Å². The molecule has 0 spiro atoms. The van der Waals surface area contributed by atoms with Crippen LogP contribution in [0.2, 0.25) is 0 Å². The number of piperidine rings is 1. The van der Waals surface area contributed by atoms with Crippen LogP contribution in [0.15, 0.2) is 0 Å². The SMILES string of the molecule is CC1CCN(Cc2nc(C(C)C)c(CO)s2)CC1. The van der Waals surface area contributed by atoms with E-state index in [4.69, 9.17) is 4.98 Å². The Balaban J connectivity index is 2.01. The molecule has 1 N–H and O–H groups in total. The summed E-state index contributed by atoms with van der Waals surface area (Å²) in [5.41, 5.74) is 1.09. The fourth-order valence-electron chi connectivity index (χ4n) is 2.46. The van der Waals surface area contributed by atoms with Gasteiger partial charge in [0.1, 0.15) is 5.01 Å². The molecule has 2 rings (SSSR count). The molecule has 0 aromatic carbocycles. The zero-order valence-electron chi connectivity index (χ0n) is 11.6. The van der Waals surface area contributed by atoms with Gasteiger partial charge in [-0.3, -0.25) is 4.90 Å². The van der Waals surface area contributed by atoms with E-state index in [2.05, 4.69) is 25.7 Å². The molecule has 0 amide bonds. The summed E-state index contributed by atoms with van der Waals surface area (Å²) in [6.45, 7) is 10.1. The molecule has 1 aromatic heterocycles. The summed E-state index contributed by atoms with van der Waals surface area (Å²) in [5, 5.41) is 10.5. The highest BCUT2D eigenvalue weighted by Gasteiger charge is 2.19. The molecule has 3 nitrogen and oxygen atoms in total. The van der Waals surface area contributed by atoms with Crippen molar-refractivity contribution in [3.05, 3.63) is 15.6 Å². The molecule has 0 bridgehead atoms. The highest BCUT2D eigenvalue weighted by Crippen LogP contribution is 2.27. The average molecular weight is 268 g/mol. The Hall–Kier alpha value is -0.450. The summed E-state index contributed by atoms with van der Waals surface area (Å²) >= 11 is 1.68. The molecule has 0 unspecified atom stereocenters. The first-order valence-corrected chi connectivity index (χ1v) is 7.73. The minimum atomic E-state index is 0.127. The molecule has 18 heavy (non-hydrogen) atoms. The van der Waals surface area contributed by atoms with E-state index in [9.17, 15) is 5.11 Å². The second kappa shape index (κ2) is 6.13. The normalized spacial score (nSPS) is 18.7. The standard InChI is InChI=1S/C14H24N2OS/c1-10(2)14-12(9-17)18-13(15-14)8-16-6-4-11(3)5-7-16/h10-11,17H,4-9H2,1-3H3. The van der Waals surface area contributed by atoms with E-state index in [1.807, 2.05) is 0 Å². The van der Waals surface area contributed by atoms with Gasteiger partial charge in [0.25, 0.3) is 0 Å². The minimum Gasteiger partial charge on any atom is -0.391 e. The number of aliphatic hydroxyl groups excluding tert-OH is 1. The third-order valence-corrected chi connectivity index (χ3v) is 4.74. The van der Waals surface area contributed by atoms with Gasteiger partial charge in [-0.15, -0.1) is 11.3 Å². The predicted octanol–water partition coefficient (Wildman–Crippen LogP) is 2.99. The zero-order chi connectivity index (χ0) is 13.1. The highest BCUT2D eigenvalue weighted by molar-refractivity contribution is 7.11.